The van der Waals surface area contributed by atoms with Crippen molar-refractivity contribution in [3.63, 3.8) is 0 Å². The summed E-state index contributed by atoms with van der Waals surface area (Å²) in [6.07, 6.45) is 44.2. The Bertz CT molecular complexity index is 524. The van der Waals surface area contributed by atoms with E-state index in [1.54, 1.807) is 0 Å². The van der Waals surface area contributed by atoms with Crippen LogP contribution in [0.3, 0.4) is 0 Å². The molecule has 0 rings (SSSR count). The van der Waals surface area contributed by atoms with E-state index in [-0.39, 0.29) is 16.2 Å². The Balaban J connectivity index is 0. The number of thiol groups is 1. The first-order valence-corrected chi connectivity index (χ1v) is 23.8. The maximum Gasteiger partial charge on any atom is 0.198 e. The highest BCUT2D eigenvalue weighted by Crippen LogP contribution is 2.47. The minimum atomic E-state index is -2.98. The van der Waals surface area contributed by atoms with Gasteiger partial charge in [-0.15, -0.1) is 10.1 Å². The van der Waals surface area contributed by atoms with Crippen molar-refractivity contribution in [1.29, 1.82) is 0 Å². The molecular weight excluding hydrogens is 574 g/mol. The van der Waals surface area contributed by atoms with Crippen LogP contribution in [0.4, 0.5) is 0 Å². The Morgan fingerprint density at radius 3 is 0.690 bits per heavy atom. The second kappa shape index (κ2) is 36.5. The minimum absolute atomic E-state index is 0. The maximum atomic E-state index is 10.3. The van der Waals surface area contributed by atoms with Gasteiger partial charge in [-0.3, -0.25) is 0 Å². The molecule has 0 bridgehead atoms. The van der Waals surface area contributed by atoms with E-state index < -0.39 is 5.69 Å². The standard InChI is InChI=1S/C36H77O2PS2.H3N/c1-3-5-7-9-11-13-15-17-19-21-23-25-27-29-31-33-35-41(39(37,38)40)36-34-32-30-28-26-24-22-20-18-16-14-12-10-8-6-4-2;/h37-38,40H,3-36H2,1-2H3;1H3. The van der Waals surface area contributed by atoms with Crippen LogP contribution in [0.15, 0.2) is 0 Å². The summed E-state index contributed by atoms with van der Waals surface area (Å²) in [7, 11) is -0.290. The van der Waals surface area contributed by atoms with Gasteiger partial charge in [0.15, 0.2) is 5.69 Å². The van der Waals surface area contributed by atoms with Gasteiger partial charge in [0.05, 0.1) is 0 Å². The van der Waals surface area contributed by atoms with E-state index in [4.69, 9.17) is 0 Å². The van der Waals surface area contributed by atoms with Crippen LogP contribution in [0.25, 0.3) is 0 Å². The van der Waals surface area contributed by atoms with Gasteiger partial charge in [0.25, 0.3) is 0 Å². The molecule has 0 aromatic rings. The molecule has 0 saturated heterocycles. The zero-order valence-electron chi connectivity index (χ0n) is 28.9. The van der Waals surface area contributed by atoms with Crippen molar-refractivity contribution in [2.75, 3.05) is 11.5 Å². The predicted molar refractivity (Wildman–Crippen MR) is 202 cm³/mol. The van der Waals surface area contributed by atoms with Crippen LogP contribution < -0.4 is 6.15 Å². The molecule has 0 aromatic carbocycles. The van der Waals surface area contributed by atoms with Gasteiger partial charge in [-0.25, -0.2) is 0 Å². The van der Waals surface area contributed by atoms with Crippen molar-refractivity contribution in [1.82, 2.24) is 6.15 Å². The van der Waals surface area contributed by atoms with Crippen LogP contribution in [-0.2, 0) is 10.1 Å². The Hall–Kier alpha value is 1.01. The van der Waals surface area contributed by atoms with Crippen molar-refractivity contribution in [2.24, 2.45) is 0 Å². The molecule has 3 nitrogen and oxygen atoms in total. The minimum Gasteiger partial charge on any atom is -0.344 e. The molecule has 6 heteroatoms. The average molecular weight is 654 g/mol. The Morgan fingerprint density at radius 1 is 0.357 bits per heavy atom. The fourth-order valence-corrected chi connectivity index (χ4v) is 11.5. The molecule has 0 amide bonds. The summed E-state index contributed by atoms with van der Waals surface area (Å²) in [5, 5.41) is 0. The highest BCUT2D eigenvalue weighted by Gasteiger charge is 2.11. The molecule has 42 heavy (non-hydrogen) atoms. The SMILES string of the molecule is CCCCCCCCCCCCCCCCCCS(CCCCCCCCCCCCCCCCCC)=P(O)(O)S.N. The molecule has 0 unspecified atom stereocenters. The molecule has 0 saturated carbocycles. The lowest BCUT2D eigenvalue weighted by atomic mass is 10.0. The van der Waals surface area contributed by atoms with Crippen molar-refractivity contribution < 1.29 is 9.79 Å². The molecule has 5 N–H and O–H groups in total. The molecule has 0 atom stereocenters. The summed E-state index contributed by atoms with van der Waals surface area (Å²) in [5.41, 5.74) is -2.98. The molecule has 0 aliphatic carbocycles. The first kappa shape index (κ1) is 45.1. The zero-order valence-corrected chi connectivity index (χ0v) is 31.6. The van der Waals surface area contributed by atoms with Crippen molar-refractivity contribution in [3.05, 3.63) is 0 Å². The Morgan fingerprint density at radius 2 is 0.524 bits per heavy atom. The number of hydrogen-bond acceptors (Lipinski definition) is 1. The Kier molecular flexibility index (Phi) is 39.2. The van der Waals surface area contributed by atoms with E-state index in [1.807, 2.05) is 0 Å². The van der Waals surface area contributed by atoms with Gasteiger partial charge in [-0.1, -0.05) is 219 Å². The molecule has 0 aliphatic heterocycles. The highest BCUT2D eigenvalue weighted by atomic mass is 32.9. The second-order valence-corrected chi connectivity index (χ2v) is 21.3. The van der Waals surface area contributed by atoms with Gasteiger partial charge in [-0.05, 0) is 24.3 Å². The van der Waals surface area contributed by atoms with Crippen molar-refractivity contribution >= 4 is 28.0 Å². The van der Waals surface area contributed by atoms with E-state index in [2.05, 4.69) is 26.1 Å². The van der Waals surface area contributed by atoms with Crippen molar-refractivity contribution in [2.45, 2.75) is 219 Å². The highest BCUT2D eigenvalue weighted by molar-refractivity contribution is 8.65. The smallest absolute Gasteiger partial charge is 0.198 e. The largest absolute Gasteiger partial charge is 0.344 e. The summed E-state index contributed by atoms with van der Waals surface area (Å²) < 4.78 is 0. The normalized spacial score (nSPS) is 11.9. The fraction of sp³-hybridized carbons (Fsp3) is 1.00. The third-order valence-electron chi connectivity index (χ3n) is 8.81. The summed E-state index contributed by atoms with van der Waals surface area (Å²) in [6.45, 7) is 4.58. The number of rotatable bonds is 34. The Labute approximate surface area is 273 Å². The molecule has 0 aliphatic rings. The van der Waals surface area contributed by atoms with Gasteiger partial charge in [0, 0.05) is 0 Å². The summed E-state index contributed by atoms with van der Waals surface area (Å²) in [4.78, 5) is 20.5. The molecule has 0 heterocycles. The zero-order chi connectivity index (χ0) is 30.1. The molecule has 0 fully saturated rings. The quantitative estimate of drug-likeness (QED) is 0.0317. The van der Waals surface area contributed by atoms with Crippen LogP contribution in [0, 0.1) is 0 Å². The van der Waals surface area contributed by atoms with E-state index >= 15 is 0 Å². The number of hydrogen-bond donors (Lipinski definition) is 4. The third-order valence-corrected chi connectivity index (χ3v) is 16.3. The van der Waals surface area contributed by atoms with Gasteiger partial charge >= 0.3 is 0 Å². The topological polar surface area (TPSA) is 75.5 Å². The predicted octanol–water partition coefficient (Wildman–Crippen LogP) is 13.9. The fourth-order valence-electron chi connectivity index (χ4n) is 5.98. The van der Waals surface area contributed by atoms with Crippen molar-refractivity contribution in [3.8, 4) is 0 Å². The van der Waals surface area contributed by atoms with Crippen LogP contribution in [0.2, 0.25) is 0 Å². The second-order valence-electron chi connectivity index (χ2n) is 13.0. The maximum absolute atomic E-state index is 10.3. The van der Waals surface area contributed by atoms with Gasteiger partial charge < -0.3 is 15.9 Å². The van der Waals surface area contributed by atoms with E-state index in [0.717, 1.165) is 24.3 Å². The van der Waals surface area contributed by atoms with Gasteiger partial charge in [0.2, 0.25) is 0 Å². The van der Waals surface area contributed by atoms with Gasteiger partial charge in [0.1, 0.15) is 0 Å². The lowest BCUT2D eigenvalue weighted by Gasteiger charge is -2.16. The van der Waals surface area contributed by atoms with E-state index in [0.29, 0.717) is 0 Å². The molecule has 258 valence electrons. The first-order chi connectivity index (χ1) is 20.0. The van der Waals surface area contributed by atoms with Crippen LogP contribution in [0.1, 0.15) is 219 Å². The molecule has 0 radical (unpaired) electrons. The lowest BCUT2D eigenvalue weighted by molar-refractivity contribution is 0.501. The van der Waals surface area contributed by atoms with Crippen LogP contribution in [0.5, 0.6) is 0 Å². The monoisotopic (exact) mass is 654 g/mol. The first-order valence-electron chi connectivity index (χ1n) is 18.8. The number of unbranched alkanes of at least 4 members (excludes halogenated alkanes) is 30. The lowest BCUT2D eigenvalue weighted by Crippen LogP contribution is -2.04. The van der Waals surface area contributed by atoms with Crippen LogP contribution in [-0.4, -0.2) is 21.3 Å². The summed E-state index contributed by atoms with van der Waals surface area (Å²) >= 11 is 4.25. The van der Waals surface area contributed by atoms with Gasteiger partial charge in [-0.2, -0.15) is 0 Å². The summed E-state index contributed by atoms with van der Waals surface area (Å²) in [5.74, 6) is 1.95. The summed E-state index contributed by atoms with van der Waals surface area (Å²) in [6, 6.07) is 0. The van der Waals surface area contributed by atoms with E-state index in [1.165, 1.54) is 193 Å². The molecular formula is C36H80NO2PS2. The van der Waals surface area contributed by atoms with Crippen LogP contribution >= 0.6 is 17.9 Å². The average Bonchev–Trinajstić information content (AvgIpc) is 2.95. The van der Waals surface area contributed by atoms with E-state index in [9.17, 15) is 9.79 Å². The molecule has 0 aromatic heterocycles. The third kappa shape index (κ3) is 35.5. The molecule has 0 spiro atoms.